The fraction of sp³-hybridized carbons (Fsp3) is 0.500. The Kier molecular flexibility index (Phi) is 8.53. The van der Waals surface area contributed by atoms with E-state index in [2.05, 4.69) is 14.2 Å². The molecule has 0 fully saturated rings. The van der Waals surface area contributed by atoms with E-state index in [9.17, 15) is 28.8 Å². The summed E-state index contributed by atoms with van der Waals surface area (Å²) in [6.45, 7) is 3.69. The molecule has 0 spiro atoms. The van der Waals surface area contributed by atoms with Crippen molar-refractivity contribution in [2.45, 2.75) is 20.8 Å². The van der Waals surface area contributed by atoms with E-state index in [4.69, 9.17) is 0 Å². The normalized spacial score (nSPS) is 9.82. The molecule has 0 radical (unpaired) electrons. The van der Waals surface area contributed by atoms with Crippen molar-refractivity contribution < 1.29 is 43.0 Å². The highest BCUT2D eigenvalue weighted by molar-refractivity contribution is 7.39. The van der Waals surface area contributed by atoms with Gasteiger partial charge in [0.15, 0.2) is 0 Å². The zero-order valence-corrected chi connectivity index (χ0v) is 13.5. The number of carbonyl (C=O) groups excluding carboxylic acids is 6. The number of hydrogen-bond donors (Lipinski definition) is 0. The molecule has 0 aromatic carbocycles. The van der Waals surface area contributed by atoms with Gasteiger partial charge in [0.05, 0.1) is 19.8 Å². The van der Waals surface area contributed by atoms with E-state index in [-0.39, 0.29) is 19.8 Å². The van der Waals surface area contributed by atoms with Crippen LogP contribution in [0.2, 0.25) is 0 Å². The van der Waals surface area contributed by atoms with E-state index >= 15 is 0 Å². The van der Waals surface area contributed by atoms with Crippen LogP contribution in [0.3, 0.4) is 0 Å². The van der Waals surface area contributed by atoms with Gasteiger partial charge in [0.1, 0.15) is 0 Å². The highest BCUT2D eigenvalue weighted by Gasteiger charge is 2.48. The first kappa shape index (κ1) is 19.6. The summed E-state index contributed by atoms with van der Waals surface area (Å²) in [6.07, 6.45) is 0. The Morgan fingerprint density at radius 3 is 1.00 bits per heavy atom. The largest absolute Gasteiger partial charge is 0.461 e. The first-order valence-corrected chi connectivity index (χ1v) is 8.17. The van der Waals surface area contributed by atoms with Gasteiger partial charge in [-0.25, -0.2) is 14.4 Å². The number of carbonyl (C=O) groups is 6. The molecule has 0 heterocycles. The Morgan fingerprint density at radius 2 is 0.818 bits per heavy atom. The van der Waals surface area contributed by atoms with Crippen molar-refractivity contribution in [1.29, 1.82) is 0 Å². The smallest absolute Gasteiger partial charge is 0.370 e. The van der Waals surface area contributed by atoms with E-state index in [1.807, 2.05) is 0 Å². The van der Waals surface area contributed by atoms with Gasteiger partial charge in [-0.2, -0.15) is 0 Å². The fourth-order valence-corrected chi connectivity index (χ4v) is 2.99. The average molecular weight is 332 g/mol. The zero-order chi connectivity index (χ0) is 17.3. The van der Waals surface area contributed by atoms with Crippen molar-refractivity contribution in [3.8, 4) is 0 Å². The maximum atomic E-state index is 11.9. The molecule has 0 aliphatic heterocycles. The summed E-state index contributed by atoms with van der Waals surface area (Å²) in [5, 5.41) is -4.46. The molecule has 0 aliphatic carbocycles. The molecule has 0 atom stereocenters. The van der Waals surface area contributed by atoms with Crippen molar-refractivity contribution in [3.05, 3.63) is 0 Å². The summed E-state index contributed by atoms with van der Waals surface area (Å²) >= 11 is 0. The fourth-order valence-electron chi connectivity index (χ4n) is 1.32. The molecule has 0 rings (SSSR count). The van der Waals surface area contributed by atoms with Crippen molar-refractivity contribution >= 4 is 42.9 Å². The molecule has 0 N–H and O–H groups in total. The van der Waals surface area contributed by atoms with Gasteiger partial charge in [-0.3, -0.25) is 14.4 Å². The molecule has 10 heteroatoms. The minimum Gasteiger partial charge on any atom is -0.461 e. The van der Waals surface area contributed by atoms with Gasteiger partial charge in [-0.1, -0.05) is 0 Å². The van der Waals surface area contributed by atoms with Crippen LogP contribution in [0.15, 0.2) is 0 Å². The molecule has 0 aliphatic rings. The quantitative estimate of drug-likeness (QED) is 0.208. The van der Waals surface area contributed by atoms with E-state index in [1.165, 1.54) is 20.8 Å². The SMILES string of the molecule is CCOC(=O)C(=O)[SiH](C(=O)C(=O)OCC)C(=O)C(=O)OCC. The second-order valence-corrected chi connectivity index (χ2v) is 6.13. The topological polar surface area (TPSA) is 130 Å². The Hall–Kier alpha value is -2.36. The third-order valence-corrected chi connectivity index (χ3v) is 4.50. The first-order chi connectivity index (χ1) is 10.3. The molecule has 0 aromatic rings. The van der Waals surface area contributed by atoms with Gasteiger partial charge in [0.25, 0.3) is 0 Å². The van der Waals surface area contributed by atoms with E-state index in [0.29, 0.717) is 0 Å². The second-order valence-electron chi connectivity index (χ2n) is 3.69. The molecule has 0 bridgehead atoms. The Bertz CT molecular complexity index is 426. The van der Waals surface area contributed by atoms with Crippen LogP contribution in [0.25, 0.3) is 0 Å². The summed E-state index contributed by atoms with van der Waals surface area (Å²) in [6, 6.07) is 0. The van der Waals surface area contributed by atoms with Gasteiger partial charge >= 0.3 is 26.7 Å². The second kappa shape index (κ2) is 9.55. The van der Waals surface area contributed by atoms with Crippen LogP contribution >= 0.6 is 0 Å². The molecule has 22 heavy (non-hydrogen) atoms. The molecule has 0 amide bonds. The zero-order valence-electron chi connectivity index (χ0n) is 12.4. The summed E-state index contributed by atoms with van der Waals surface area (Å²) in [7, 11) is -4.12. The predicted octanol–water partition coefficient (Wildman–Crippen LogP) is -1.77. The van der Waals surface area contributed by atoms with E-state index < -0.39 is 42.9 Å². The maximum absolute atomic E-state index is 11.9. The Labute approximate surface area is 127 Å². The lowest BCUT2D eigenvalue weighted by molar-refractivity contribution is -0.154. The lowest BCUT2D eigenvalue weighted by Crippen LogP contribution is -2.53. The Balaban J connectivity index is 5.48. The van der Waals surface area contributed by atoms with Crippen LogP contribution in [0.5, 0.6) is 0 Å². The molecule has 0 saturated heterocycles. The van der Waals surface area contributed by atoms with Gasteiger partial charge in [0.2, 0.25) is 16.2 Å². The minimum atomic E-state index is -4.12. The lowest BCUT2D eigenvalue weighted by atomic mass is 10.7. The molecular formula is C12H16O9Si. The van der Waals surface area contributed by atoms with Gasteiger partial charge in [0, 0.05) is 0 Å². The van der Waals surface area contributed by atoms with Crippen molar-refractivity contribution in [3.63, 3.8) is 0 Å². The maximum Gasteiger partial charge on any atom is 0.370 e. The van der Waals surface area contributed by atoms with Crippen molar-refractivity contribution in [1.82, 2.24) is 0 Å². The standard InChI is InChI=1S/C12H16O9Si/c1-4-19-7(13)10(16)22(11(17)8(14)20-5-2)12(18)9(15)21-6-3/h22H,4-6H2,1-3H3. The summed E-state index contributed by atoms with van der Waals surface area (Å²) < 4.78 is 13.2. The highest BCUT2D eigenvalue weighted by atomic mass is 28.3. The third-order valence-electron chi connectivity index (χ3n) is 2.22. The number of hydrogen-bond acceptors (Lipinski definition) is 9. The van der Waals surface area contributed by atoms with Crippen LogP contribution in [0.4, 0.5) is 0 Å². The molecule has 9 nitrogen and oxygen atoms in total. The monoisotopic (exact) mass is 332 g/mol. The summed E-state index contributed by atoms with van der Waals surface area (Å²) in [5.41, 5.74) is 0. The van der Waals surface area contributed by atoms with E-state index in [0.717, 1.165) is 0 Å². The van der Waals surface area contributed by atoms with Gasteiger partial charge in [-0.05, 0) is 20.8 Å². The molecule has 0 aromatic heterocycles. The van der Waals surface area contributed by atoms with Crippen LogP contribution in [-0.2, 0) is 43.0 Å². The van der Waals surface area contributed by atoms with Gasteiger partial charge in [-0.15, -0.1) is 0 Å². The molecule has 122 valence electrons. The average Bonchev–Trinajstić information content (AvgIpc) is 2.47. The third kappa shape index (κ3) is 5.20. The summed E-state index contributed by atoms with van der Waals surface area (Å²) in [5.74, 6) is -4.35. The van der Waals surface area contributed by atoms with Crippen molar-refractivity contribution in [2.75, 3.05) is 19.8 Å². The van der Waals surface area contributed by atoms with Crippen LogP contribution < -0.4 is 0 Å². The van der Waals surface area contributed by atoms with Crippen LogP contribution in [0.1, 0.15) is 20.8 Å². The number of esters is 3. The minimum absolute atomic E-state index is 0.174. The Morgan fingerprint density at radius 1 is 0.591 bits per heavy atom. The van der Waals surface area contributed by atoms with Gasteiger partial charge < -0.3 is 14.2 Å². The molecule has 0 saturated carbocycles. The van der Waals surface area contributed by atoms with Crippen LogP contribution in [0, 0.1) is 0 Å². The highest BCUT2D eigenvalue weighted by Crippen LogP contribution is 1.99. The number of rotatable bonds is 9. The molecule has 0 unspecified atom stereocenters. The number of ether oxygens (including phenoxy) is 3. The summed E-state index contributed by atoms with van der Waals surface area (Å²) in [4.78, 5) is 69.8. The van der Waals surface area contributed by atoms with E-state index in [1.54, 1.807) is 0 Å². The van der Waals surface area contributed by atoms with Crippen molar-refractivity contribution in [2.24, 2.45) is 0 Å². The first-order valence-electron chi connectivity index (χ1n) is 6.44. The van der Waals surface area contributed by atoms with Crippen LogP contribution in [-0.4, -0.2) is 62.7 Å². The lowest BCUT2D eigenvalue weighted by Gasteiger charge is -2.10. The molecular weight excluding hydrogens is 316 g/mol. The predicted molar refractivity (Wildman–Crippen MR) is 72.1 cm³/mol.